The number of nitrogens with two attached hydrogens (primary N) is 1. The van der Waals surface area contributed by atoms with Gasteiger partial charge in [0, 0.05) is 19.0 Å². The molecule has 1 aromatic carbocycles. The Labute approximate surface area is 124 Å². The van der Waals surface area contributed by atoms with Crippen LogP contribution in [0.25, 0.3) is 0 Å². The van der Waals surface area contributed by atoms with Crippen LogP contribution in [0.3, 0.4) is 0 Å². The molecule has 4 nitrogen and oxygen atoms in total. The maximum Gasteiger partial charge on any atom is 0.220 e. The second-order valence-corrected chi connectivity index (χ2v) is 5.63. The zero-order chi connectivity index (χ0) is 15.2. The van der Waals surface area contributed by atoms with E-state index >= 15 is 0 Å². The van der Waals surface area contributed by atoms with Gasteiger partial charge in [-0.3, -0.25) is 4.79 Å². The molecule has 0 unspecified atom stereocenters. The minimum Gasteiger partial charge on any atom is -0.494 e. The molecule has 0 spiro atoms. The summed E-state index contributed by atoms with van der Waals surface area (Å²) in [5, 5.41) is 2.88. The van der Waals surface area contributed by atoms with Gasteiger partial charge in [0.1, 0.15) is 0 Å². The number of hydrogen-bond acceptors (Lipinski definition) is 3. The molecule has 0 radical (unpaired) electrons. The van der Waals surface area contributed by atoms with Crippen molar-refractivity contribution < 1.29 is 13.9 Å². The molecule has 5 heteroatoms. The van der Waals surface area contributed by atoms with Crippen molar-refractivity contribution in [2.45, 2.75) is 38.1 Å². The van der Waals surface area contributed by atoms with E-state index in [1.165, 1.54) is 13.2 Å². The number of carbonyl (C=O) groups excluding carboxylic acids is 1. The number of ether oxygens (including phenoxy) is 1. The topological polar surface area (TPSA) is 64.3 Å². The molecule has 1 amide bonds. The SMILES string of the molecule is COc1ccc(CCNC(=O)C[C@@H]2CCC[C@H]2N)cc1F. The van der Waals surface area contributed by atoms with E-state index in [9.17, 15) is 9.18 Å². The average molecular weight is 294 g/mol. The van der Waals surface area contributed by atoms with Crippen LogP contribution in [0, 0.1) is 11.7 Å². The number of hydrogen-bond donors (Lipinski definition) is 2. The first-order chi connectivity index (χ1) is 10.1. The van der Waals surface area contributed by atoms with E-state index in [1.54, 1.807) is 12.1 Å². The zero-order valence-electron chi connectivity index (χ0n) is 12.4. The van der Waals surface area contributed by atoms with Gasteiger partial charge in [-0.05, 0) is 42.9 Å². The van der Waals surface area contributed by atoms with E-state index in [1.807, 2.05) is 0 Å². The first-order valence-corrected chi connectivity index (χ1v) is 7.45. The van der Waals surface area contributed by atoms with E-state index < -0.39 is 0 Å². The van der Waals surface area contributed by atoms with Crippen molar-refractivity contribution in [1.29, 1.82) is 0 Å². The normalized spacial score (nSPS) is 21.3. The lowest BCUT2D eigenvalue weighted by Crippen LogP contribution is -2.32. The van der Waals surface area contributed by atoms with Crippen molar-refractivity contribution in [3.63, 3.8) is 0 Å². The van der Waals surface area contributed by atoms with Gasteiger partial charge in [0.2, 0.25) is 5.91 Å². The number of amides is 1. The van der Waals surface area contributed by atoms with Gasteiger partial charge in [-0.1, -0.05) is 12.5 Å². The monoisotopic (exact) mass is 294 g/mol. The molecule has 3 N–H and O–H groups in total. The van der Waals surface area contributed by atoms with Gasteiger partial charge in [-0.25, -0.2) is 4.39 Å². The van der Waals surface area contributed by atoms with E-state index in [0.717, 1.165) is 24.8 Å². The van der Waals surface area contributed by atoms with Crippen LogP contribution < -0.4 is 15.8 Å². The summed E-state index contributed by atoms with van der Waals surface area (Å²) in [5.74, 6) is 0.200. The molecule has 1 fully saturated rings. The lowest BCUT2D eigenvalue weighted by atomic mass is 10.00. The summed E-state index contributed by atoms with van der Waals surface area (Å²) in [6, 6.07) is 5.01. The van der Waals surface area contributed by atoms with Gasteiger partial charge >= 0.3 is 0 Å². The van der Waals surface area contributed by atoms with E-state index in [4.69, 9.17) is 10.5 Å². The summed E-state index contributed by atoms with van der Waals surface area (Å²) < 4.78 is 18.4. The molecule has 21 heavy (non-hydrogen) atoms. The van der Waals surface area contributed by atoms with Crippen molar-refractivity contribution in [1.82, 2.24) is 5.32 Å². The number of halogens is 1. The fraction of sp³-hybridized carbons (Fsp3) is 0.562. The lowest BCUT2D eigenvalue weighted by molar-refractivity contribution is -0.122. The average Bonchev–Trinajstić information content (AvgIpc) is 2.84. The molecule has 1 aliphatic carbocycles. The molecule has 2 atom stereocenters. The van der Waals surface area contributed by atoms with Gasteiger partial charge in [-0.2, -0.15) is 0 Å². The molecule has 1 aromatic rings. The van der Waals surface area contributed by atoms with E-state index in [0.29, 0.717) is 25.3 Å². The van der Waals surface area contributed by atoms with Crippen molar-refractivity contribution >= 4 is 5.91 Å². The van der Waals surface area contributed by atoms with Crippen LogP contribution in [0.2, 0.25) is 0 Å². The second-order valence-electron chi connectivity index (χ2n) is 5.63. The van der Waals surface area contributed by atoms with Gasteiger partial charge in [0.15, 0.2) is 11.6 Å². The zero-order valence-corrected chi connectivity index (χ0v) is 12.4. The predicted octanol–water partition coefficient (Wildman–Crippen LogP) is 2.01. The molecule has 1 aliphatic rings. The van der Waals surface area contributed by atoms with Crippen LogP contribution in [-0.2, 0) is 11.2 Å². The standard InChI is InChI=1S/C16H23FN2O2/c1-21-15-6-5-11(9-13(15)17)7-8-19-16(20)10-12-3-2-4-14(12)18/h5-6,9,12,14H,2-4,7-8,10,18H2,1H3,(H,19,20)/t12-,14+/m0/s1. The molecule has 0 aliphatic heterocycles. The first kappa shape index (κ1) is 15.8. The second kappa shape index (κ2) is 7.41. The minimum atomic E-state index is -0.377. The molecular weight excluding hydrogens is 271 g/mol. The van der Waals surface area contributed by atoms with Crippen molar-refractivity contribution in [2.75, 3.05) is 13.7 Å². The third-order valence-electron chi connectivity index (χ3n) is 4.12. The highest BCUT2D eigenvalue weighted by atomic mass is 19.1. The fourth-order valence-electron chi connectivity index (χ4n) is 2.84. The summed E-state index contributed by atoms with van der Waals surface area (Å²) >= 11 is 0. The van der Waals surface area contributed by atoms with Crippen LogP contribution >= 0.6 is 0 Å². The maximum absolute atomic E-state index is 13.5. The Balaban J connectivity index is 1.73. The quantitative estimate of drug-likeness (QED) is 0.843. The van der Waals surface area contributed by atoms with Crippen LogP contribution in [0.1, 0.15) is 31.2 Å². The summed E-state index contributed by atoms with van der Waals surface area (Å²) in [7, 11) is 1.44. The third-order valence-corrected chi connectivity index (χ3v) is 4.12. The number of nitrogens with one attached hydrogen (secondary N) is 1. The first-order valence-electron chi connectivity index (χ1n) is 7.45. The highest BCUT2D eigenvalue weighted by Crippen LogP contribution is 2.26. The number of methoxy groups -OCH3 is 1. The van der Waals surface area contributed by atoms with E-state index in [-0.39, 0.29) is 23.5 Å². The number of carbonyl (C=O) groups is 1. The Morgan fingerprint density at radius 2 is 2.29 bits per heavy atom. The highest BCUT2D eigenvalue weighted by molar-refractivity contribution is 5.76. The summed E-state index contributed by atoms with van der Waals surface area (Å²) in [5.41, 5.74) is 6.80. The molecule has 1 saturated carbocycles. The highest BCUT2D eigenvalue weighted by Gasteiger charge is 2.25. The van der Waals surface area contributed by atoms with Crippen LogP contribution in [0.5, 0.6) is 5.75 Å². The Hall–Kier alpha value is -1.62. The summed E-state index contributed by atoms with van der Waals surface area (Å²) in [4.78, 5) is 11.8. The summed E-state index contributed by atoms with van der Waals surface area (Å²) in [6.07, 6.45) is 4.27. The van der Waals surface area contributed by atoms with Crippen molar-refractivity contribution in [2.24, 2.45) is 11.7 Å². The van der Waals surface area contributed by atoms with Gasteiger partial charge in [0.05, 0.1) is 7.11 Å². The van der Waals surface area contributed by atoms with Gasteiger partial charge in [-0.15, -0.1) is 0 Å². The molecule has 0 heterocycles. The Morgan fingerprint density at radius 1 is 1.48 bits per heavy atom. The number of rotatable bonds is 6. The Morgan fingerprint density at radius 3 is 2.90 bits per heavy atom. The predicted molar refractivity (Wildman–Crippen MR) is 79.6 cm³/mol. The molecule has 0 saturated heterocycles. The Kier molecular flexibility index (Phi) is 5.56. The van der Waals surface area contributed by atoms with Crippen molar-refractivity contribution in [3.8, 4) is 5.75 Å². The molecule has 2 rings (SSSR count). The Bertz CT molecular complexity index is 493. The van der Waals surface area contributed by atoms with E-state index in [2.05, 4.69) is 5.32 Å². The lowest BCUT2D eigenvalue weighted by Gasteiger charge is -2.14. The van der Waals surface area contributed by atoms with Gasteiger partial charge < -0.3 is 15.8 Å². The third kappa shape index (κ3) is 4.43. The molecule has 116 valence electrons. The van der Waals surface area contributed by atoms with Crippen LogP contribution in [0.4, 0.5) is 4.39 Å². The molecule has 0 bridgehead atoms. The smallest absolute Gasteiger partial charge is 0.220 e. The minimum absolute atomic E-state index is 0.0336. The number of benzene rings is 1. The van der Waals surface area contributed by atoms with Gasteiger partial charge in [0.25, 0.3) is 0 Å². The fourth-order valence-corrected chi connectivity index (χ4v) is 2.84. The van der Waals surface area contributed by atoms with Crippen LogP contribution in [0.15, 0.2) is 18.2 Å². The molecular formula is C16H23FN2O2. The maximum atomic E-state index is 13.5. The summed E-state index contributed by atoms with van der Waals surface area (Å²) in [6.45, 7) is 0.507. The van der Waals surface area contributed by atoms with Crippen molar-refractivity contribution in [3.05, 3.63) is 29.6 Å². The molecule has 0 aromatic heterocycles. The van der Waals surface area contributed by atoms with Crippen LogP contribution in [-0.4, -0.2) is 25.6 Å². The largest absolute Gasteiger partial charge is 0.494 e.